The number of rotatable bonds is 33. The molecule has 8 rings (SSSR count). The van der Waals surface area contributed by atoms with E-state index in [-0.39, 0.29) is 86.2 Å². The Morgan fingerprint density at radius 2 is 0.429 bits per heavy atom. The number of carbonyl (C=O) groups excluding carboxylic acids is 6. The van der Waals surface area contributed by atoms with Gasteiger partial charge in [-0.2, -0.15) is 0 Å². The van der Waals surface area contributed by atoms with Crippen molar-refractivity contribution in [3.8, 4) is 0 Å². The number of ether oxygens (including phenoxy) is 5. The third-order valence-corrected chi connectivity index (χ3v) is 16.4. The Morgan fingerprint density at radius 3 is 0.563 bits per heavy atom. The van der Waals surface area contributed by atoms with Crippen molar-refractivity contribution in [2.45, 2.75) is 165 Å². The second-order valence-electron chi connectivity index (χ2n) is 25.0. The normalized spacial score (nSPS) is 8.81. The number of amides is 2. The van der Waals surface area contributed by atoms with E-state index in [0.717, 1.165) is 138 Å². The molecule has 0 aliphatic rings. The van der Waals surface area contributed by atoms with Crippen molar-refractivity contribution in [1.82, 2.24) is 14.7 Å². The van der Waals surface area contributed by atoms with Crippen LogP contribution in [0.15, 0.2) is 243 Å². The molecule has 0 spiro atoms. The molecule has 126 heavy (non-hydrogen) atoms. The summed E-state index contributed by atoms with van der Waals surface area (Å²) >= 11 is 0. The van der Waals surface area contributed by atoms with Crippen molar-refractivity contribution in [2.75, 3.05) is 130 Å². The average molecular weight is 1770 g/mol. The van der Waals surface area contributed by atoms with Crippen molar-refractivity contribution in [3.05, 3.63) is 287 Å². The Balaban J connectivity index is -0.000000135. The second-order valence-corrected chi connectivity index (χ2v) is 25.0. The fourth-order valence-corrected chi connectivity index (χ4v) is 9.99. The van der Waals surface area contributed by atoms with Gasteiger partial charge in [0.2, 0.25) is 11.8 Å². The molecule has 0 saturated carbocycles. The summed E-state index contributed by atoms with van der Waals surface area (Å²) in [6, 6.07) is 82.2. The van der Waals surface area contributed by atoms with Gasteiger partial charge in [0.15, 0.2) is 17.4 Å². The molecule has 8 aromatic carbocycles. The van der Waals surface area contributed by atoms with E-state index in [9.17, 15) is 38.4 Å². The first kappa shape index (κ1) is 137. The topological polar surface area (TPSA) is 354 Å². The van der Waals surface area contributed by atoms with Crippen LogP contribution in [0, 0.1) is 0 Å². The summed E-state index contributed by atoms with van der Waals surface area (Å²) in [5, 5.41) is 58.7. The minimum Gasteiger partial charge on any atom is -1.00 e. The SMILES string of the molecule is CCN(CCCc1ccccc1)C(=O)CCc1ccccc1.CCN(CCCc1ccccc1)C(=O)CCc1ccccc1.CCN(CCCc1ccccc1)CCCc1ccccc1.CCOCC.CO.CO.CO.CO.CO.CO.COC(C)=O.COC(C)=O.COC(C)=O.COC(C)=O.O=C(O)CCc1ccccc1.O=C(O)CCc1ccccc1.[AlH3].[H-].[Li+]. The number of carboxylic acid groups (broad SMARTS) is 2. The summed E-state index contributed by atoms with van der Waals surface area (Å²) in [4.78, 5) is 89.9. The maximum Gasteiger partial charge on any atom is 1.00 e. The van der Waals surface area contributed by atoms with Gasteiger partial charge >= 0.3 is 54.7 Å². The predicted octanol–water partition coefficient (Wildman–Crippen LogP) is 11.5. The Labute approximate surface area is 780 Å². The fraction of sp³-hybridized carbons (Fsp3) is 0.440. The molecule has 0 radical (unpaired) electrons. The zero-order chi connectivity index (χ0) is 95.5. The van der Waals surface area contributed by atoms with Crippen LogP contribution in [0.4, 0.5) is 0 Å². The Hall–Kier alpha value is -9.67. The number of aliphatic carboxylic acids is 2. The van der Waals surface area contributed by atoms with E-state index in [0.29, 0.717) is 25.7 Å². The molecule has 0 aliphatic heterocycles. The van der Waals surface area contributed by atoms with Crippen LogP contribution >= 0.6 is 0 Å². The zero-order valence-corrected chi connectivity index (χ0v) is 79.0. The smallest absolute Gasteiger partial charge is 1.00 e. The quantitative estimate of drug-likeness (QED) is 0.0108. The van der Waals surface area contributed by atoms with Gasteiger partial charge in [0, 0.05) is 135 Å². The van der Waals surface area contributed by atoms with Crippen molar-refractivity contribution < 1.29 is 123 Å². The van der Waals surface area contributed by atoms with Crippen LogP contribution in [0.1, 0.15) is 160 Å². The van der Waals surface area contributed by atoms with E-state index >= 15 is 0 Å². The van der Waals surface area contributed by atoms with Gasteiger partial charge in [0.05, 0.1) is 28.4 Å². The van der Waals surface area contributed by atoms with Gasteiger partial charge in [0.1, 0.15) is 0 Å². The van der Waals surface area contributed by atoms with E-state index in [1.807, 2.05) is 133 Å². The Morgan fingerprint density at radius 1 is 0.270 bits per heavy atom. The first-order valence-corrected chi connectivity index (χ1v) is 41.5. The van der Waals surface area contributed by atoms with E-state index in [2.05, 4.69) is 178 Å². The molecular weight excluding hydrogens is 1610 g/mol. The summed E-state index contributed by atoms with van der Waals surface area (Å²) in [6.07, 6.45) is 13.5. The summed E-state index contributed by atoms with van der Waals surface area (Å²) < 4.78 is 21.3. The number of hydrogen-bond acceptors (Lipinski definition) is 20. The van der Waals surface area contributed by atoms with Crippen LogP contribution in [-0.2, 0) is 113 Å². The monoisotopic (exact) mass is 1770 g/mol. The van der Waals surface area contributed by atoms with Crippen LogP contribution in [0.3, 0.4) is 0 Å². The molecule has 8 N–H and O–H groups in total. The number of aryl methyl sites for hydroxylation is 8. The van der Waals surface area contributed by atoms with Gasteiger partial charge < -0.3 is 80.7 Å². The van der Waals surface area contributed by atoms with Crippen molar-refractivity contribution in [1.29, 1.82) is 0 Å². The third kappa shape index (κ3) is 98.1. The largest absolute Gasteiger partial charge is 1.00 e. The average Bonchev–Trinajstić information content (AvgIpc) is 0.911. The van der Waals surface area contributed by atoms with Crippen LogP contribution in [0.5, 0.6) is 0 Å². The standard InChI is InChI=1S/2C20H25NO.C20H27N.2C9H10O2.C4H10O.4C3H6O2.6CH4O.Al.Li.4H/c2*1-2-21(17-9-14-18-10-5-3-6-11-18)20(22)16-15-19-12-7-4-8-13-19;1-2-21(17-9-15-19-11-5-3-6-12-19)18-10-16-20-13-7-4-8-14-20;2*10-9(11)7-6-8-4-2-1-3-5-8;1-3-5-4-2;4*1-3(4)5-2;6*1-2;;;;;;/h2*3-8,10-13H,2,9,14-17H2,1H3;3-8,11-14H,2,9-10,15-18H2,1H3;2*1-5H,6-7H2,(H,10,11);3-4H2,1-2H3;4*1-2H3;6*2H,1H3;;;;;;/q;;;;;;;;;;;;;;;;;+1;;;;-1. The predicted molar refractivity (Wildman–Crippen MR) is 513 cm³/mol. The van der Waals surface area contributed by atoms with Crippen LogP contribution in [0.2, 0.25) is 0 Å². The number of carboxylic acids is 2. The summed E-state index contributed by atoms with van der Waals surface area (Å²) in [5.41, 5.74) is 10.2. The molecule has 0 aromatic heterocycles. The first-order valence-electron chi connectivity index (χ1n) is 41.5. The molecule has 0 bridgehead atoms. The van der Waals surface area contributed by atoms with Crippen molar-refractivity contribution in [2.24, 2.45) is 0 Å². The molecule has 26 heteroatoms. The Kier molecular flexibility index (Phi) is 119. The molecule has 704 valence electrons. The number of esters is 4. The molecule has 0 unspecified atom stereocenters. The number of benzene rings is 8. The molecule has 0 fully saturated rings. The summed E-state index contributed by atoms with van der Waals surface area (Å²) in [7, 11) is 11.4. The fourth-order valence-electron chi connectivity index (χ4n) is 9.99. The third-order valence-electron chi connectivity index (χ3n) is 16.4. The van der Waals surface area contributed by atoms with Crippen molar-refractivity contribution >= 4 is 65.0 Å². The summed E-state index contributed by atoms with van der Waals surface area (Å²) in [5.74, 6) is -1.94. The van der Waals surface area contributed by atoms with Crippen LogP contribution in [-0.4, -0.2) is 251 Å². The second kappa shape index (κ2) is 110. The molecule has 8 aromatic rings. The van der Waals surface area contributed by atoms with Gasteiger partial charge in [-0.05, 0) is 169 Å². The maximum absolute atomic E-state index is 12.3. The van der Waals surface area contributed by atoms with E-state index in [1.165, 1.54) is 128 Å². The van der Waals surface area contributed by atoms with Gasteiger partial charge in [-0.3, -0.25) is 38.4 Å². The number of methoxy groups -OCH3 is 4. The maximum atomic E-state index is 12.3. The minimum atomic E-state index is -0.742. The first-order chi connectivity index (χ1) is 60.0. The molecule has 2 amide bonds. The molecular formula is C100H159AlLiN3O21. The van der Waals surface area contributed by atoms with Gasteiger partial charge in [-0.1, -0.05) is 250 Å². The molecule has 24 nitrogen and oxygen atoms in total. The van der Waals surface area contributed by atoms with E-state index in [4.69, 9.17) is 45.6 Å². The molecule has 0 aliphatic carbocycles. The number of aliphatic hydroxyl groups excluding tert-OH is 6. The molecule has 0 saturated heterocycles. The molecule has 0 atom stereocenters. The summed E-state index contributed by atoms with van der Waals surface area (Å²) in [6.45, 7) is 24.4. The van der Waals surface area contributed by atoms with Crippen LogP contribution < -0.4 is 18.9 Å². The number of aliphatic hydroxyl groups is 6. The van der Waals surface area contributed by atoms with Gasteiger partial charge in [-0.25, -0.2) is 0 Å². The van der Waals surface area contributed by atoms with Gasteiger partial charge in [-0.15, -0.1) is 0 Å². The van der Waals surface area contributed by atoms with E-state index < -0.39 is 11.9 Å². The number of nitrogens with zero attached hydrogens (tertiary/aromatic N) is 3. The Bertz CT molecular complexity index is 3340. The van der Waals surface area contributed by atoms with Crippen molar-refractivity contribution in [3.63, 3.8) is 0 Å². The van der Waals surface area contributed by atoms with Gasteiger partial charge in [0.25, 0.3) is 0 Å². The zero-order valence-electron chi connectivity index (χ0n) is 80.0. The van der Waals surface area contributed by atoms with E-state index in [1.54, 1.807) is 0 Å². The van der Waals surface area contributed by atoms with Crippen LogP contribution in [0.25, 0.3) is 0 Å². The minimum absolute atomic E-state index is 0. The molecule has 0 heterocycles. The number of hydrogen-bond donors (Lipinski definition) is 8. The number of carbonyl (C=O) groups is 8.